The topological polar surface area (TPSA) is 80.7 Å². The van der Waals surface area contributed by atoms with Crippen molar-refractivity contribution >= 4 is 29.0 Å². The van der Waals surface area contributed by atoms with Crippen LogP contribution in [-0.2, 0) is 4.79 Å². The lowest BCUT2D eigenvalue weighted by atomic mass is 10.1. The maximum atomic E-state index is 11.6. The maximum Gasteiger partial charge on any atom is 0.248 e. The SMILES string of the molecule is NC(=O)C1=C/C=C\N=N\C=C/C=C\C=C/C=C\c2cc3ccccc3nc2\C=C/C=C\1. The van der Waals surface area contributed by atoms with Gasteiger partial charge in [0, 0.05) is 28.9 Å². The number of carbonyl (C=O) groups excluding carboxylic acids is 1. The van der Waals surface area contributed by atoms with Crippen LogP contribution >= 0.6 is 0 Å². The van der Waals surface area contributed by atoms with Crippen molar-refractivity contribution in [2.75, 3.05) is 0 Å². The first kappa shape index (κ1) is 21.3. The molecular weight excluding hydrogens is 384 g/mol. The number of benzene rings is 1. The van der Waals surface area contributed by atoms with Crippen LogP contribution in [0.3, 0.4) is 0 Å². The van der Waals surface area contributed by atoms with Crippen molar-refractivity contribution in [1.29, 1.82) is 0 Å². The fourth-order valence-corrected chi connectivity index (χ4v) is 2.71. The van der Waals surface area contributed by atoms with Crippen LogP contribution in [0.1, 0.15) is 11.3 Å². The van der Waals surface area contributed by atoms with Crippen LogP contribution in [0.15, 0.2) is 125 Å². The number of carbonyl (C=O) groups is 1. The summed E-state index contributed by atoms with van der Waals surface area (Å²) >= 11 is 0. The Kier molecular flexibility index (Phi) is 7.97. The first-order valence-corrected chi connectivity index (χ1v) is 9.72. The van der Waals surface area contributed by atoms with E-state index in [1.54, 1.807) is 36.6 Å². The van der Waals surface area contributed by atoms with Gasteiger partial charge in [0.15, 0.2) is 0 Å². The number of aromatic nitrogens is 1. The van der Waals surface area contributed by atoms with Crippen LogP contribution in [0.2, 0.25) is 0 Å². The average molecular weight is 406 g/mol. The Morgan fingerprint density at radius 2 is 1.42 bits per heavy atom. The van der Waals surface area contributed by atoms with Crippen LogP contribution < -0.4 is 5.73 Å². The van der Waals surface area contributed by atoms with E-state index >= 15 is 0 Å². The highest BCUT2D eigenvalue weighted by molar-refractivity contribution is 5.95. The maximum absolute atomic E-state index is 11.6. The first-order valence-electron chi connectivity index (χ1n) is 9.72. The van der Waals surface area contributed by atoms with E-state index in [-0.39, 0.29) is 0 Å². The van der Waals surface area contributed by atoms with E-state index < -0.39 is 5.91 Å². The summed E-state index contributed by atoms with van der Waals surface area (Å²) in [4.78, 5) is 16.4. The normalized spacial score (nSPS) is 24.5. The van der Waals surface area contributed by atoms with Gasteiger partial charge in [-0.25, -0.2) is 4.98 Å². The number of pyridine rings is 1. The number of nitrogens with two attached hydrogens (primary N) is 1. The summed E-state index contributed by atoms with van der Waals surface area (Å²) < 4.78 is 0. The number of rotatable bonds is 1. The zero-order valence-electron chi connectivity index (χ0n) is 16.9. The number of para-hydroxylation sites is 1. The van der Waals surface area contributed by atoms with E-state index in [1.165, 1.54) is 6.20 Å². The van der Waals surface area contributed by atoms with Gasteiger partial charge in [0.05, 0.1) is 11.2 Å². The minimum atomic E-state index is -0.530. The minimum absolute atomic E-state index is 0.348. The lowest BCUT2D eigenvalue weighted by Crippen LogP contribution is -2.12. The zero-order valence-corrected chi connectivity index (χ0v) is 16.9. The second-order valence-corrected chi connectivity index (χ2v) is 6.40. The second kappa shape index (κ2) is 11.6. The summed E-state index contributed by atoms with van der Waals surface area (Å²) in [7, 11) is 0. The molecule has 0 bridgehead atoms. The van der Waals surface area contributed by atoms with Crippen molar-refractivity contribution in [3.63, 3.8) is 0 Å². The quantitative estimate of drug-likeness (QED) is 0.646. The molecule has 0 aliphatic carbocycles. The molecule has 1 aliphatic heterocycles. The molecule has 0 saturated carbocycles. The Morgan fingerprint density at radius 3 is 2.26 bits per heavy atom. The van der Waals surface area contributed by atoms with Gasteiger partial charge in [0.25, 0.3) is 0 Å². The highest BCUT2D eigenvalue weighted by Gasteiger charge is 2.02. The van der Waals surface area contributed by atoms with Gasteiger partial charge in [-0.15, -0.1) is 0 Å². The van der Waals surface area contributed by atoms with Gasteiger partial charge in [-0.2, -0.15) is 10.2 Å². The van der Waals surface area contributed by atoms with Crippen LogP contribution in [0.25, 0.3) is 23.1 Å². The zero-order chi connectivity index (χ0) is 21.7. The number of allylic oxidation sites excluding steroid dienone is 10. The molecule has 0 atom stereocenters. The van der Waals surface area contributed by atoms with Gasteiger partial charge in [-0.05, 0) is 42.5 Å². The van der Waals surface area contributed by atoms with E-state index in [0.717, 1.165) is 22.2 Å². The molecule has 5 heteroatoms. The van der Waals surface area contributed by atoms with Crippen LogP contribution in [0.5, 0.6) is 0 Å². The van der Waals surface area contributed by atoms with E-state index in [2.05, 4.69) is 16.3 Å². The van der Waals surface area contributed by atoms with E-state index in [1.807, 2.05) is 72.9 Å². The predicted molar refractivity (Wildman–Crippen MR) is 128 cm³/mol. The summed E-state index contributed by atoms with van der Waals surface area (Å²) in [6.07, 6.45) is 26.7. The highest BCUT2D eigenvalue weighted by atomic mass is 16.1. The molecule has 2 heterocycles. The molecule has 0 unspecified atom stereocenters. The number of primary amides is 1. The summed E-state index contributed by atoms with van der Waals surface area (Å²) in [5, 5.41) is 8.79. The number of hydrogen-bond acceptors (Lipinski definition) is 4. The van der Waals surface area contributed by atoms with Gasteiger partial charge >= 0.3 is 0 Å². The molecule has 2 N–H and O–H groups in total. The molecule has 5 nitrogen and oxygen atoms in total. The van der Waals surface area contributed by atoms with E-state index in [9.17, 15) is 4.79 Å². The fraction of sp³-hybridized carbons (Fsp3) is 0. The molecule has 152 valence electrons. The number of nitrogens with zero attached hydrogens (tertiary/aromatic N) is 3. The van der Waals surface area contributed by atoms with E-state index in [0.29, 0.717) is 5.57 Å². The van der Waals surface area contributed by atoms with Gasteiger partial charge in [0.1, 0.15) is 0 Å². The number of fused-ring (bicyclic) bond motifs is 2. The van der Waals surface area contributed by atoms with Gasteiger partial charge < -0.3 is 5.73 Å². The van der Waals surface area contributed by atoms with Gasteiger partial charge in [-0.3, -0.25) is 4.79 Å². The Morgan fingerprint density at radius 1 is 0.742 bits per heavy atom. The second-order valence-electron chi connectivity index (χ2n) is 6.40. The van der Waals surface area contributed by atoms with E-state index in [4.69, 9.17) is 10.7 Å². The molecule has 0 radical (unpaired) electrons. The minimum Gasteiger partial charge on any atom is -0.366 e. The predicted octanol–water partition coefficient (Wildman–Crippen LogP) is 5.83. The lowest BCUT2D eigenvalue weighted by Gasteiger charge is -2.04. The molecule has 0 saturated heterocycles. The Hall–Kier alpha value is -4.38. The van der Waals surface area contributed by atoms with Crippen molar-refractivity contribution in [3.8, 4) is 0 Å². The molecule has 0 fully saturated rings. The third-order valence-electron chi connectivity index (χ3n) is 4.19. The third-order valence-corrected chi connectivity index (χ3v) is 4.19. The Labute approximate surface area is 181 Å². The standard InChI is InChI=1S/C26H22N4O/c27-26(31)21-12-6-8-16-24-22(20-23-14-7-9-17-25(23)30-24)13-5-3-1-2-4-10-18-28-29-19-11-15-21/h1-20H,(H2,27,31)/b2-1?,3-1-,4-2-,5-3?,8-6?,10-4?,12-6-,13-5-,15-11?,16-8-,18-10-,19-11-,21-12?,21-15+,22-13?,24-16?,28-18?,29-19?,29-28+. The third kappa shape index (κ3) is 6.87. The first-order chi connectivity index (χ1) is 15.2. The number of azo groups is 1. The Bertz CT molecular complexity index is 1210. The summed E-state index contributed by atoms with van der Waals surface area (Å²) in [6, 6.07) is 10.1. The Balaban J connectivity index is 2.00. The molecule has 31 heavy (non-hydrogen) atoms. The highest BCUT2D eigenvalue weighted by Crippen LogP contribution is 2.19. The molecular formula is C26H22N4O. The summed E-state index contributed by atoms with van der Waals surface area (Å²) in [5.74, 6) is -0.530. The monoisotopic (exact) mass is 406 g/mol. The molecule has 1 aliphatic rings. The molecule has 1 aromatic carbocycles. The largest absolute Gasteiger partial charge is 0.366 e. The molecule has 2 aromatic rings. The number of hydrogen-bond donors (Lipinski definition) is 1. The molecule has 1 aromatic heterocycles. The van der Waals surface area contributed by atoms with Crippen molar-refractivity contribution in [3.05, 3.63) is 126 Å². The molecule has 1 amide bonds. The molecule has 0 spiro atoms. The summed E-state index contributed by atoms with van der Waals surface area (Å²) in [5.41, 5.74) is 8.52. The van der Waals surface area contributed by atoms with Crippen molar-refractivity contribution in [1.82, 2.24) is 4.98 Å². The van der Waals surface area contributed by atoms with Crippen LogP contribution in [-0.4, -0.2) is 10.9 Å². The average Bonchev–Trinajstić information content (AvgIpc) is 2.77. The van der Waals surface area contributed by atoms with Gasteiger partial charge in [0.2, 0.25) is 5.91 Å². The fourth-order valence-electron chi connectivity index (χ4n) is 2.71. The molecule has 3 rings (SSSR count). The van der Waals surface area contributed by atoms with Crippen LogP contribution in [0.4, 0.5) is 0 Å². The lowest BCUT2D eigenvalue weighted by molar-refractivity contribution is -0.114. The van der Waals surface area contributed by atoms with Crippen LogP contribution in [0, 0.1) is 0 Å². The smallest absolute Gasteiger partial charge is 0.248 e. The summed E-state index contributed by atoms with van der Waals surface area (Å²) in [6.45, 7) is 0. The van der Waals surface area contributed by atoms with Crippen molar-refractivity contribution < 1.29 is 4.79 Å². The number of amides is 1. The van der Waals surface area contributed by atoms with Crippen molar-refractivity contribution in [2.24, 2.45) is 16.0 Å². The van der Waals surface area contributed by atoms with Crippen molar-refractivity contribution in [2.45, 2.75) is 0 Å². The van der Waals surface area contributed by atoms with Gasteiger partial charge in [-0.1, -0.05) is 66.8 Å².